The number of hydrogen-bond acceptors (Lipinski definition) is 26. The van der Waals surface area contributed by atoms with Gasteiger partial charge in [0.25, 0.3) is 18.2 Å². The SMILES string of the molecule is CC(O)C1NC(=O)[C@@H](NC(=O)c2ccc(-c3nnc(-c4ccc(N5CCCCC5)cc4)s3)cc2)CC(O)C(O)NC(=O)C2C(O)C(C)CN2C(=O)C(C(O)CC(N)=O)NC(=O)C(C(O)C(O)c2ccc(O)c(OSOO[O-])c2)NC(=O)C2CC(O)CN2C1=O.[Na+]. The third-order valence-electron chi connectivity index (χ3n) is 15.7. The Kier molecular flexibility index (Phi) is 24.8. The summed E-state index contributed by atoms with van der Waals surface area (Å²) in [7, 11) is 0. The molecule has 16 N–H and O–H groups in total. The number of piperidine rings is 1. The molecular weight excluding hydrogens is 1240 g/mol. The van der Waals surface area contributed by atoms with Gasteiger partial charge in [-0.05, 0) is 80.3 Å². The number of nitrogens with two attached hydrogens (primary N) is 1. The first kappa shape index (κ1) is 70.7. The number of fused-ring (bicyclic) bond motifs is 2. The van der Waals surface area contributed by atoms with Crippen molar-refractivity contribution in [3.63, 3.8) is 0 Å². The van der Waals surface area contributed by atoms with Crippen molar-refractivity contribution in [1.82, 2.24) is 46.6 Å². The molecule has 14 unspecified atom stereocenters. The fourth-order valence-electron chi connectivity index (χ4n) is 10.9. The van der Waals surface area contributed by atoms with Gasteiger partial charge in [-0.3, -0.25) is 43.4 Å². The number of phenolic OH excluding ortho intramolecular Hbond substituents is 1. The normalized spacial score (nSPS) is 27.1. The molecule has 1 aromatic heterocycles. The number of anilines is 1. The van der Waals surface area contributed by atoms with Gasteiger partial charge in [0, 0.05) is 67.3 Å². The number of nitrogens with one attached hydrogen (secondary N) is 5. The number of hydrogen-bond donors (Lipinski definition) is 15. The second-order valence-corrected chi connectivity index (χ2v) is 23.5. The molecule has 8 rings (SSSR count). The molecule has 35 heteroatoms. The zero-order chi connectivity index (χ0) is 64.5. The van der Waals surface area contributed by atoms with Crippen molar-refractivity contribution in [3.8, 4) is 32.6 Å². The monoisotopic (exact) mass is 1310 g/mol. The van der Waals surface area contributed by atoms with Gasteiger partial charge < -0.3 is 102 Å². The minimum atomic E-state index is -2.57. The Balaban J connectivity index is 0.0000115. The molecule has 0 saturated carbocycles. The smallest absolute Gasteiger partial charge is 0.691 e. The van der Waals surface area contributed by atoms with Crippen LogP contribution in [0.2, 0.25) is 0 Å². The molecule has 90 heavy (non-hydrogen) atoms. The fourth-order valence-corrected chi connectivity index (χ4v) is 12.0. The van der Waals surface area contributed by atoms with Crippen LogP contribution in [0.3, 0.4) is 0 Å². The Morgan fingerprint density at radius 3 is 2.01 bits per heavy atom. The van der Waals surface area contributed by atoms with Gasteiger partial charge in [-0.15, -0.1) is 14.5 Å². The molecule has 3 aromatic carbocycles. The van der Waals surface area contributed by atoms with Crippen molar-refractivity contribution < 1.29 is 133 Å². The Bertz CT molecular complexity index is 3210. The van der Waals surface area contributed by atoms with Gasteiger partial charge in [0.05, 0.1) is 30.8 Å². The average molecular weight is 1310 g/mol. The van der Waals surface area contributed by atoms with E-state index < -0.39 is 182 Å². The number of carbonyl (C=O) groups excluding carboxylic acids is 8. The van der Waals surface area contributed by atoms with E-state index in [0.717, 1.165) is 62.3 Å². The molecule has 0 aliphatic carbocycles. The van der Waals surface area contributed by atoms with Crippen LogP contribution in [-0.4, -0.2) is 218 Å². The van der Waals surface area contributed by atoms with Gasteiger partial charge in [-0.2, -0.15) is 0 Å². The quantitative estimate of drug-likeness (QED) is 0.0163. The first-order chi connectivity index (χ1) is 42.3. The van der Waals surface area contributed by atoms with Gasteiger partial charge in [0.1, 0.15) is 64.6 Å². The molecule has 4 aromatic rings. The van der Waals surface area contributed by atoms with E-state index in [1.807, 2.05) is 29.6 Å². The van der Waals surface area contributed by atoms with E-state index in [9.17, 15) is 89.6 Å². The van der Waals surface area contributed by atoms with E-state index in [2.05, 4.69) is 45.7 Å². The maximum absolute atomic E-state index is 14.7. The zero-order valence-electron chi connectivity index (χ0n) is 48.6. The standard InChI is InChI=1S/C55H69N11O21S2.Na/c1-24-22-66-42(43(24)73)51(81)61-49(79)36(71)20-32(57-46(76)26-6-8-27(9-7-26)52-62-63-53(88-52)28-10-13-30(14-11-28)64-16-4-3-5-17-64)47(77)58-39(25(2)67)54(82)65-23-31(68)19-33(65)48(78)60-41(50(80)59-40(55(66)83)35(70)21-38(56)72)45(75)44(74)29-12-15-34(69)37(18-29)85-89-87-86-84;/h6-15,18,24-25,31-33,35-36,39-45,49,67-71,73-75,79,84H,3-5,16-17,19-23H2,1-2H3,(H2,56,72)(H,57,76)(H,58,77)(H,59,80)(H,60,78)(H,61,81);/q;+1/p-1/t24?,25?,31?,32-,33?,35?,36?,39?,40?,41?,42?,43?,44?,45?,49?;/m0./s1. The van der Waals surface area contributed by atoms with E-state index in [0.29, 0.717) is 25.4 Å². The molecule has 4 aliphatic rings. The summed E-state index contributed by atoms with van der Waals surface area (Å²) in [5.41, 5.74) is 7.42. The van der Waals surface area contributed by atoms with Crippen LogP contribution >= 0.6 is 23.7 Å². The van der Waals surface area contributed by atoms with Crippen molar-refractivity contribution >= 4 is 76.6 Å². The molecule has 482 valence electrons. The summed E-state index contributed by atoms with van der Waals surface area (Å²) in [5.74, 6) is -12.8. The molecular formula is C55H68N11NaO21S2. The van der Waals surface area contributed by atoms with E-state index in [1.54, 1.807) is 12.1 Å². The Hall–Kier alpha value is -6.71. The summed E-state index contributed by atoms with van der Waals surface area (Å²) in [6.07, 6.45) is -16.2. The number of aromatic nitrogens is 2. The van der Waals surface area contributed by atoms with Gasteiger partial charge in [0.15, 0.2) is 17.7 Å². The second kappa shape index (κ2) is 31.5. The van der Waals surface area contributed by atoms with Gasteiger partial charge in [-0.1, -0.05) is 36.5 Å². The predicted octanol–water partition coefficient (Wildman–Crippen LogP) is -7.63. The summed E-state index contributed by atoms with van der Waals surface area (Å²) in [4.78, 5) is 117. The minimum Gasteiger partial charge on any atom is -0.691 e. The number of rotatable bonds is 16. The van der Waals surface area contributed by atoms with Crippen molar-refractivity contribution in [3.05, 3.63) is 77.9 Å². The van der Waals surface area contributed by atoms with Crippen LogP contribution < -0.4 is 76.2 Å². The van der Waals surface area contributed by atoms with Crippen molar-refractivity contribution in [1.29, 1.82) is 0 Å². The van der Waals surface area contributed by atoms with Crippen molar-refractivity contribution in [2.75, 3.05) is 31.1 Å². The van der Waals surface area contributed by atoms with Gasteiger partial charge in [0.2, 0.25) is 41.4 Å². The van der Waals surface area contributed by atoms with Crippen molar-refractivity contribution in [2.24, 2.45) is 11.7 Å². The molecule has 0 spiro atoms. The molecule has 15 atom stereocenters. The van der Waals surface area contributed by atoms with Crippen LogP contribution in [0.1, 0.15) is 74.4 Å². The molecule has 5 heterocycles. The summed E-state index contributed by atoms with van der Waals surface area (Å²) >= 11 is 1.20. The van der Waals surface area contributed by atoms with Crippen LogP contribution in [-0.2, 0) is 42.9 Å². The minimum absolute atomic E-state index is 0. The average Bonchev–Trinajstić information content (AvgIpc) is 1.85. The number of nitrogens with zero attached hydrogens (tertiary/aromatic N) is 5. The third kappa shape index (κ3) is 16.9. The molecule has 4 fully saturated rings. The van der Waals surface area contributed by atoms with E-state index >= 15 is 0 Å². The maximum Gasteiger partial charge on any atom is 1.00 e. The molecule has 0 bridgehead atoms. The van der Waals surface area contributed by atoms with Crippen LogP contribution in [0.4, 0.5) is 5.69 Å². The summed E-state index contributed by atoms with van der Waals surface area (Å²) in [6, 6.07) is 3.87. The molecule has 4 aliphatic heterocycles. The molecule has 0 radical (unpaired) electrons. The first-order valence-corrected chi connectivity index (χ1v) is 29.6. The number of primary amides is 1. The topological polar surface area (TPSA) is 491 Å². The third-order valence-corrected chi connectivity index (χ3v) is 17.1. The second-order valence-electron chi connectivity index (χ2n) is 22.1. The number of carbonyl (C=O) groups is 8. The zero-order valence-corrected chi connectivity index (χ0v) is 52.3. The predicted molar refractivity (Wildman–Crippen MR) is 306 cm³/mol. The number of aliphatic hydroxyl groups is 8. The Morgan fingerprint density at radius 1 is 0.778 bits per heavy atom. The number of amides is 8. The number of benzene rings is 3. The maximum atomic E-state index is 14.7. The Morgan fingerprint density at radius 2 is 1.39 bits per heavy atom. The Labute approximate surface area is 543 Å². The largest absolute Gasteiger partial charge is 1.00 e. The number of aromatic hydroxyl groups is 1. The number of aliphatic hydroxyl groups excluding tert-OH is 8. The van der Waals surface area contributed by atoms with Crippen LogP contribution in [0.15, 0.2) is 66.7 Å². The number of phenols is 1. The van der Waals surface area contributed by atoms with Crippen molar-refractivity contribution in [2.45, 2.75) is 138 Å². The van der Waals surface area contributed by atoms with E-state index in [-0.39, 0.29) is 53.0 Å². The van der Waals surface area contributed by atoms with Crippen LogP contribution in [0, 0.1) is 5.92 Å². The van der Waals surface area contributed by atoms with Gasteiger partial charge >= 0.3 is 29.6 Å². The molecule has 8 amide bonds. The summed E-state index contributed by atoms with van der Waals surface area (Å²) < 4.78 is 9.03. The van der Waals surface area contributed by atoms with Crippen LogP contribution in [0.25, 0.3) is 21.1 Å². The summed E-state index contributed by atoms with van der Waals surface area (Å²) in [6.45, 7) is 3.17. The molecule has 4 saturated heterocycles. The summed E-state index contributed by atoms with van der Waals surface area (Å²) in [5, 5.41) is 136. The van der Waals surface area contributed by atoms with E-state index in [4.69, 9.17) is 9.92 Å². The fraction of sp³-hybridized carbons (Fsp3) is 0.491. The van der Waals surface area contributed by atoms with Gasteiger partial charge in [-0.25, -0.2) is 0 Å². The van der Waals surface area contributed by atoms with Crippen LogP contribution in [0.5, 0.6) is 11.5 Å². The first-order valence-electron chi connectivity index (χ1n) is 28.1. The van der Waals surface area contributed by atoms with E-state index in [1.165, 1.54) is 36.8 Å². The molecule has 32 nitrogen and oxygen atoms in total.